The van der Waals surface area contributed by atoms with E-state index in [1.165, 1.54) is 18.2 Å². The average Bonchev–Trinajstić information content (AvgIpc) is 2.44. The number of esters is 1. The smallest absolute Gasteiger partial charge is 0.312 e. The SMILES string of the molecule is COC(=O)C(C)C1=Cc2ccc(OC)cc2CC1. The zero-order valence-corrected chi connectivity index (χ0v) is 11.0. The summed E-state index contributed by atoms with van der Waals surface area (Å²) in [6.45, 7) is 1.90. The third-order valence-electron chi connectivity index (χ3n) is 3.48. The van der Waals surface area contributed by atoms with Gasteiger partial charge in [0.25, 0.3) is 0 Å². The minimum Gasteiger partial charge on any atom is -0.497 e. The molecule has 1 aromatic rings. The molecule has 1 aromatic carbocycles. The van der Waals surface area contributed by atoms with Gasteiger partial charge in [-0.05, 0) is 43.0 Å². The minimum atomic E-state index is -0.168. The van der Waals surface area contributed by atoms with Crippen LogP contribution >= 0.6 is 0 Å². The first-order chi connectivity index (χ1) is 8.65. The number of hydrogen-bond acceptors (Lipinski definition) is 3. The summed E-state index contributed by atoms with van der Waals surface area (Å²) in [5.74, 6) is 0.551. The first kappa shape index (κ1) is 12.7. The van der Waals surface area contributed by atoms with Crippen molar-refractivity contribution in [3.63, 3.8) is 0 Å². The summed E-state index contributed by atoms with van der Waals surface area (Å²) in [5.41, 5.74) is 3.59. The quantitative estimate of drug-likeness (QED) is 0.769. The molecular weight excluding hydrogens is 228 g/mol. The maximum atomic E-state index is 11.5. The molecule has 0 saturated carbocycles. The maximum Gasteiger partial charge on any atom is 0.312 e. The van der Waals surface area contributed by atoms with Crippen molar-refractivity contribution in [2.75, 3.05) is 14.2 Å². The van der Waals surface area contributed by atoms with Crippen molar-refractivity contribution in [3.05, 3.63) is 34.9 Å². The zero-order chi connectivity index (χ0) is 13.1. The van der Waals surface area contributed by atoms with Crippen LogP contribution in [0.15, 0.2) is 23.8 Å². The molecule has 1 aliphatic carbocycles. The molecule has 0 amide bonds. The largest absolute Gasteiger partial charge is 0.497 e. The predicted octanol–water partition coefficient (Wildman–Crippen LogP) is 2.83. The van der Waals surface area contributed by atoms with Crippen LogP contribution in [0.5, 0.6) is 5.75 Å². The van der Waals surface area contributed by atoms with Gasteiger partial charge in [0.05, 0.1) is 20.1 Å². The zero-order valence-electron chi connectivity index (χ0n) is 11.0. The molecule has 0 bridgehead atoms. The standard InChI is InChI=1S/C15H18O3/c1-10(15(16)18-3)11-4-5-13-9-14(17-2)7-6-12(13)8-11/h6-10H,4-5H2,1-3H3. The molecule has 0 saturated heterocycles. The number of benzene rings is 1. The molecule has 0 aromatic heterocycles. The Bertz CT molecular complexity index is 489. The van der Waals surface area contributed by atoms with Crippen molar-refractivity contribution in [2.24, 2.45) is 5.92 Å². The van der Waals surface area contributed by atoms with Gasteiger partial charge < -0.3 is 9.47 Å². The summed E-state index contributed by atoms with van der Waals surface area (Å²) in [4.78, 5) is 11.5. The number of aryl methyl sites for hydroxylation is 1. The molecule has 1 unspecified atom stereocenters. The fourth-order valence-electron chi connectivity index (χ4n) is 2.29. The molecular formula is C15H18O3. The van der Waals surface area contributed by atoms with E-state index in [4.69, 9.17) is 9.47 Å². The Kier molecular flexibility index (Phi) is 3.70. The topological polar surface area (TPSA) is 35.5 Å². The van der Waals surface area contributed by atoms with Crippen LogP contribution in [0.4, 0.5) is 0 Å². The van der Waals surface area contributed by atoms with E-state index in [2.05, 4.69) is 12.1 Å². The summed E-state index contributed by atoms with van der Waals surface area (Å²) in [7, 11) is 3.10. The van der Waals surface area contributed by atoms with Gasteiger partial charge in [-0.25, -0.2) is 0 Å². The fraction of sp³-hybridized carbons (Fsp3) is 0.400. The monoisotopic (exact) mass is 246 g/mol. The minimum absolute atomic E-state index is 0.162. The summed E-state index contributed by atoms with van der Waals surface area (Å²) in [5, 5.41) is 0. The van der Waals surface area contributed by atoms with E-state index in [0.29, 0.717) is 0 Å². The Morgan fingerprint density at radius 2 is 2.06 bits per heavy atom. The summed E-state index contributed by atoms with van der Waals surface area (Å²) >= 11 is 0. The molecule has 0 spiro atoms. The number of carbonyl (C=O) groups excluding carboxylic acids is 1. The van der Waals surface area contributed by atoms with E-state index in [1.807, 2.05) is 19.1 Å². The van der Waals surface area contributed by atoms with Gasteiger partial charge in [-0.3, -0.25) is 4.79 Å². The van der Waals surface area contributed by atoms with Gasteiger partial charge in [-0.1, -0.05) is 17.7 Å². The molecule has 18 heavy (non-hydrogen) atoms. The summed E-state index contributed by atoms with van der Waals surface area (Å²) < 4.78 is 10.0. The Morgan fingerprint density at radius 3 is 2.72 bits per heavy atom. The number of carbonyl (C=O) groups is 1. The van der Waals surface area contributed by atoms with Gasteiger partial charge in [-0.15, -0.1) is 0 Å². The van der Waals surface area contributed by atoms with Gasteiger partial charge in [0.1, 0.15) is 5.75 Å². The fourth-order valence-corrected chi connectivity index (χ4v) is 2.29. The second-order valence-corrected chi connectivity index (χ2v) is 4.53. The van der Waals surface area contributed by atoms with E-state index >= 15 is 0 Å². The van der Waals surface area contributed by atoms with E-state index in [9.17, 15) is 4.79 Å². The van der Waals surface area contributed by atoms with Crippen LogP contribution in [0.25, 0.3) is 6.08 Å². The average molecular weight is 246 g/mol. The van der Waals surface area contributed by atoms with Crippen molar-refractivity contribution in [3.8, 4) is 5.75 Å². The Balaban J connectivity index is 2.27. The number of rotatable bonds is 3. The number of fused-ring (bicyclic) bond motifs is 1. The summed E-state index contributed by atoms with van der Waals surface area (Å²) in [6.07, 6.45) is 3.94. The van der Waals surface area contributed by atoms with Gasteiger partial charge >= 0.3 is 5.97 Å². The van der Waals surface area contributed by atoms with Gasteiger partial charge in [0.2, 0.25) is 0 Å². The molecule has 2 rings (SSSR count). The number of methoxy groups -OCH3 is 2. The van der Waals surface area contributed by atoms with E-state index in [1.54, 1.807) is 7.11 Å². The van der Waals surface area contributed by atoms with Crippen molar-refractivity contribution < 1.29 is 14.3 Å². The second kappa shape index (κ2) is 5.25. The van der Waals surface area contributed by atoms with Gasteiger partial charge in [-0.2, -0.15) is 0 Å². The highest BCUT2D eigenvalue weighted by molar-refractivity contribution is 5.78. The van der Waals surface area contributed by atoms with Crippen molar-refractivity contribution in [1.82, 2.24) is 0 Å². The van der Waals surface area contributed by atoms with E-state index < -0.39 is 0 Å². The highest BCUT2D eigenvalue weighted by Gasteiger charge is 2.21. The third kappa shape index (κ3) is 2.40. The van der Waals surface area contributed by atoms with Crippen LogP contribution in [0, 0.1) is 5.92 Å². The van der Waals surface area contributed by atoms with Crippen LogP contribution in [-0.4, -0.2) is 20.2 Å². The Hall–Kier alpha value is -1.77. The molecule has 0 aliphatic heterocycles. The van der Waals surface area contributed by atoms with Crippen LogP contribution in [0.2, 0.25) is 0 Å². The first-order valence-electron chi connectivity index (χ1n) is 6.11. The van der Waals surface area contributed by atoms with Gasteiger partial charge in [0, 0.05) is 0 Å². The molecule has 3 nitrogen and oxygen atoms in total. The lowest BCUT2D eigenvalue weighted by Crippen LogP contribution is -2.17. The molecule has 1 aliphatic rings. The lowest BCUT2D eigenvalue weighted by atomic mass is 9.86. The lowest BCUT2D eigenvalue weighted by molar-refractivity contribution is -0.143. The third-order valence-corrected chi connectivity index (χ3v) is 3.48. The van der Waals surface area contributed by atoms with E-state index in [-0.39, 0.29) is 11.9 Å². The second-order valence-electron chi connectivity index (χ2n) is 4.53. The lowest BCUT2D eigenvalue weighted by Gasteiger charge is -2.20. The molecule has 0 N–H and O–H groups in total. The number of ether oxygens (including phenoxy) is 2. The highest BCUT2D eigenvalue weighted by atomic mass is 16.5. The molecule has 0 heterocycles. The Morgan fingerprint density at radius 1 is 1.28 bits per heavy atom. The molecule has 0 radical (unpaired) electrons. The van der Waals surface area contributed by atoms with Gasteiger partial charge in [0.15, 0.2) is 0 Å². The Labute approximate surface area is 107 Å². The molecule has 1 atom stereocenters. The molecule has 0 fully saturated rings. The number of hydrogen-bond donors (Lipinski definition) is 0. The van der Waals surface area contributed by atoms with Crippen LogP contribution in [-0.2, 0) is 16.0 Å². The van der Waals surface area contributed by atoms with Crippen molar-refractivity contribution in [1.29, 1.82) is 0 Å². The van der Waals surface area contributed by atoms with E-state index in [0.717, 1.165) is 24.2 Å². The van der Waals surface area contributed by atoms with Crippen LogP contribution < -0.4 is 4.74 Å². The maximum absolute atomic E-state index is 11.5. The molecule has 96 valence electrons. The predicted molar refractivity (Wildman–Crippen MR) is 70.5 cm³/mol. The summed E-state index contributed by atoms with van der Waals surface area (Å²) in [6, 6.07) is 6.05. The van der Waals surface area contributed by atoms with Crippen LogP contribution in [0.1, 0.15) is 24.5 Å². The highest BCUT2D eigenvalue weighted by Crippen LogP contribution is 2.30. The van der Waals surface area contributed by atoms with Crippen molar-refractivity contribution >= 4 is 12.0 Å². The molecule has 3 heteroatoms. The first-order valence-corrected chi connectivity index (χ1v) is 6.11. The normalized spacial score (nSPS) is 15.4. The van der Waals surface area contributed by atoms with Crippen molar-refractivity contribution in [2.45, 2.75) is 19.8 Å². The van der Waals surface area contributed by atoms with Crippen LogP contribution in [0.3, 0.4) is 0 Å².